The highest BCUT2D eigenvalue weighted by molar-refractivity contribution is 5.85. The van der Waals surface area contributed by atoms with Crippen LogP contribution in [0, 0.1) is 5.92 Å². The van der Waals surface area contributed by atoms with E-state index >= 15 is 0 Å². The van der Waals surface area contributed by atoms with Crippen LogP contribution in [0.25, 0.3) is 0 Å². The van der Waals surface area contributed by atoms with Crippen LogP contribution in [-0.2, 0) is 9.59 Å². The third-order valence-electron chi connectivity index (χ3n) is 1.99. The summed E-state index contributed by atoms with van der Waals surface area (Å²) in [4.78, 5) is 21.5. The number of aliphatic carboxylic acids is 1. The summed E-state index contributed by atoms with van der Waals surface area (Å²) in [6.07, 6.45) is 1.60. The quantitative estimate of drug-likeness (QED) is 0.535. The molecule has 0 saturated heterocycles. The van der Waals surface area contributed by atoms with Crippen molar-refractivity contribution >= 4 is 11.9 Å². The van der Waals surface area contributed by atoms with Crippen LogP contribution < -0.4 is 11.1 Å². The van der Waals surface area contributed by atoms with Crippen molar-refractivity contribution in [3.63, 3.8) is 0 Å². The van der Waals surface area contributed by atoms with Crippen LogP contribution in [0.5, 0.6) is 0 Å². The van der Waals surface area contributed by atoms with Crippen LogP contribution >= 0.6 is 0 Å². The normalized spacial score (nSPS) is 12.5. The van der Waals surface area contributed by atoms with Gasteiger partial charge in [-0.3, -0.25) is 9.59 Å². The second kappa shape index (κ2) is 7.23. The minimum atomic E-state index is -1.06. The maximum atomic E-state index is 11.2. The van der Waals surface area contributed by atoms with Gasteiger partial charge in [-0.25, -0.2) is 0 Å². The van der Waals surface area contributed by atoms with Gasteiger partial charge in [0.1, 0.15) is 0 Å². The molecule has 0 aromatic heterocycles. The summed E-state index contributed by atoms with van der Waals surface area (Å²) < 4.78 is 0. The van der Waals surface area contributed by atoms with Gasteiger partial charge in [0.2, 0.25) is 5.91 Å². The first-order valence-electron chi connectivity index (χ1n) is 5.18. The predicted octanol–water partition coefficient (Wildman–Crippen LogP) is 0.341. The van der Waals surface area contributed by atoms with Crippen LogP contribution in [0.15, 0.2) is 0 Å². The zero-order chi connectivity index (χ0) is 11.8. The number of nitrogens with two attached hydrogens (primary N) is 1. The maximum Gasteiger partial charge on any atom is 0.305 e. The van der Waals surface area contributed by atoms with Gasteiger partial charge in [-0.05, 0) is 18.8 Å². The average molecular weight is 216 g/mol. The van der Waals surface area contributed by atoms with Gasteiger partial charge < -0.3 is 16.2 Å². The molecule has 15 heavy (non-hydrogen) atoms. The molecule has 1 atom stereocenters. The molecule has 0 aromatic rings. The number of hydrogen-bond donors (Lipinski definition) is 3. The Bertz CT molecular complexity index is 217. The molecule has 0 bridgehead atoms. The highest BCUT2D eigenvalue weighted by Crippen LogP contribution is 2.01. The van der Waals surface area contributed by atoms with E-state index in [0.29, 0.717) is 12.5 Å². The van der Waals surface area contributed by atoms with Gasteiger partial charge in [-0.2, -0.15) is 0 Å². The largest absolute Gasteiger partial charge is 0.481 e. The Labute approximate surface area is 90.0 Å². The summed E-state index contributed by atoms with van der Waals surface area (Å²) in [7, 11) is 0. The first-order valence-corrected chi connectivity index (χ1v) is 5.18. The van der Waals surface area contributed by atoms with Crippen LogP contribution in [0.4, 0.5) is 0 Å². The van der Waals surface area contributed by atoms with Gasteiger partial charge in [-0.15, -0.1) is 0 Å². The fraction of sp³-hybridized carbons (Fsp3) is 0.800. The number of amides is 1. The van der Waals surface area contributed by atoms with Gasteiger partial charge >= 0.3 is 5.97 Å². The Balaban J connectivity index is 3.60. The molecular weight excluding hydrogens is 196 g/mol. The Morgan fingerprint density at radius 2 is 2.00 bits per heavy atom. The molecule has 0 aromatic carbocycles. The number of carbonyl (C=O) groups is 2. The molecule has 0 aliphatic heterocycles. The summed E-state index contributed by atoms with van der Waals surface area (Å²) in [6.45, 7) is 4.78. The van der Waals surface area contributed by atoms with E-state index in [4.69, 9.17) is 10.8 Å². The summed E-state index contributed by atoms with van der Waals surface area (Å²) >= 11 is 0. The van der Waals surface area contributed by atoms with Crippen molar-refractivity contribution in [2.24, 2.45) is 11.7 Å². The van der Waals surface area contributed by atoms with Gasteiger partial charge in [0.05, 0.1) is 12.5 Å². The average Bonchev–Trinajstić information content (AvgIpc) is 2.10. The molecule has 1 amide bonds. The fourth-order valence-corrected chi connectivity index (χ4v) is 1.13. The number of carboxylic acids is 1. The van der Waals surface area contributed by atoms with Gasteiger partial charge in [-0.1, -0.05) is 13.8 Å². The standard InChI is InChI=1S/C10H20N2O3/c1-7(2)4-3-5-12-10(15)8(11)6-9(13)14/h7-8H,3-6,11H2,1-2H3,(H,12,15)(H,13,14). The van der Waals surface area contributed by atoms with Crippen molar-refractivity contribution in [3.05, 3.63) is 0 Å². The van der Waals surface area contributed by atoms with Crippen LogP contribution in [0.2, 0.25) is 0 Å². The zero-order valence-corrected chi connectivity index (χ0v) is 9.32. The van der Waals surface area contributed by atoms with Crippen molar-refractivity contribution in [1.29, 1.82) is 0 Å². The summed E-state index contributed by atoms with van der Waals surface area (Å²) in [5, 5.41) is 11.0. The van der Waals surface area contributed by atoms with E-state index in [1.54, 1.807) is 0 Å². The molecule has 88 valence electrons. The lowest BCUT2D eigenvalue weighted by molar-refractivity contribution is -0.139. The Morgan fingerprint density at radius 1 is 1.40 bits per heavy atom. The molecule has 0 rings (SSSR count). The summed E-state index contributed by atoms with van der Waals surface area (Å²) in [5.74, 6) is -0.837. The molecule has 4 N–H and O–H groups in total. The second-order valence-electron chi connectivity index (χ2n) is 4.03. The Hall–Kier alpha value is -1.10. The van der Waals surface area contributed by atoms with Crippen LogP contribution in [-0.4, -0.2) is 29.6 Å². The molecule has 0 radical (unpaired) electrons. The van der Waals surface area contributed by atoms with Crippen molar-refractivity contribution < 1.29 is 14.7 Å². The van der Waals surface area contributed by atoms with E-state index in [1.165, 1.54) is 0 Å². The van der Waals surface area contributed by atoms with Gasteiger partial charge in [0, 0.05) is 6.54 Å². The lowest BCUT2D eigenvalue weighted by atomic mass is 10.1. The topological polar surface area (TPSA) is 92.4 Å². The Kier molecular flexibility index (Phi) is 6.70. The van der Waals surface area contributed by atoms with E-state index in [1.807, 2.05) is 0 Å². The van der Waals surface area contributed by atoms with E-state index in [2.05, 4.69) is 19.2 Å². The highest BCUT2D eigenvalue weighted by Gasteiger charge is 2.15. The molecule has 0 aliphatic rings. The zero-order valence-electron chi connectivity index (χ0n) is 9.32. The predicted molar refractivity (Wildman–Crippen MR) is 57.3 cm³/mol. The minimum Gasteiger partial charge on any atom is -0.481 e. The molecule has 0 aliphatic carbocycles. The molecule has 0 saturated carbocycles. The van der Waals surface area contributed by atoms with Crippen LogP contribution in [0.1, 0.15) is 33.1 Å². The molecule has 0 spiro atoms. The highest BCUT2D eigenvalue weighted by atomic mass is 16.4. The number of carboxylic acid groups (broad SMARTS) is 1. The van der Waals surface area contributed by atoms with Gasteiger partial charge in [0.25, 0.3) is 0 Å². The number of carbonyl (C=O) groups excluding carboxylic acids is 1. The lowest BCUT2D eigenvalue weighted by Gasteiger charge is -2.10. The third kappa shape index (κ3) is 7.93. The molecule has 0 fully saturated rings. The van der Waals surface area contributed by atoms with Crippen molar-refractivity contribution in [3.8, 4) is 0 Å². The first kappa shape index (κ1) is 13.9. The van der Waals surface area contributed by atoms with Crippen molar-refractivity contribution in [1.82, 2.24) is 5.32 Å². The maximum absolute atomic E-state index is 11.2. The third-order valence-corrected chi connectivity index (χ3v) is 1.99. The monoisotopic (exact) mass is 216 g/mol. The molecule has 0 heterocycles. The SMILES string of the molecule is CC(C)CCCNC(=O)C(N)CC(=O)O. The number of nitrogens with one attached hydrogen (secondary N) is 1. The molecule has 5 heteroatoms. The number of rotatable bonds is 7. The van der Waals surface area contributed by atoms with E-state index in [0.717, 1.165) is 12.8 Å². The Morgan fingerprint density at radius 3 is 2.47 bits per heavy atom. The van der Waals surface area contributed by atoms with E-state index < -0.39 is 12.0 Å². The first-order chi connectivity index (χ1) is 6.93. The van der Waals surface area contributed by atoms with Crippen molar-refractivity contribution in [2.75, 3.05) is 6.54 Å². The smallest absolute Gasteiger partial charge is 0.305 e. The van der Waals surface area contributed by atoms with E-state index in [9.17, 15) is 9.59 Å². The minimum absolute atomic E-state index is 0.323. The molecular formula is C10H20N2O3. The van der Waals surface area contributed by atoms with Crippen LogP contribution in [0.3, 0.4) is 0 Å². The van der Waals surface area contributed by atoms with E-state index in [-0.39, 0.29) is 12.3 Å². The fourth-order valence-electron chi connectivity index (χ4n) is 1.13. The lowest BCUT2D eigenvalue weighted by Crippen LogP contribution is -2.42. The second-order valence-corrected chi connectivity index (χ2v) is 4.03. The summed E-state index contributed by atoms with van der Waals surface area (Å²) in [6, 6.07) is -0.943. The molecule has 1 unspecified atom stereocenters. The number of hydrogen-bond acceptors (Lipinski definition) is 3. The van der Waals surface area contributed by atoms with Gasteiger partial charge in [0.15, 0.2) is 0 Å². The van der Waals surface area contributed by atoms with Crippen molar-refractivity contribution in [2.45, 2.75) is 39.2 Å². The summed E-state index contributed by atoms with van der Waals surface area (Å²) in [5.41, 5.74) is 5.37. The molecule has 5 nitrogen and oxygen atoms in total.